The van der Waals surface area contributed by atoms with Crippen LogP contribution < -0.4 is 9.47 Å². The fraction of sp³-hybridized carbons (Fsp3) is 0.278. The highest BCUT2D eigenvalue weighted by atomic mass is 16.5. The Morgan fingerprint density at radius 3 is 2.69 bits per heavy atom. The normalized spacial score (nSPS) is 14.1. The van der Waals surface area contributed by atoms with E-state index in [9.17, 15) is 4.79 Å². The zero-order valence-corrected chi connectivity index (χ0v) is 14.1. The van der Waals surface area contributed by atoms with Crippen molar-refractivity contribution < 1.29 is 23.2 Å². The zero-order chi connectivity index (χ0) is 17.9. The Kier molecular flexibility index (Phi) is 4.30. The molecule has 1 saturated heterocycles. The van der Waals surface area contributed by atoms with Crippen molar-refractivity contribution >= 4 is 5.91 Å². The molecule has 1 aliphatic rings. The summed E-state index contributed by atoms with van der Waals surface area (Å²) < 4.78 is 21.1. The molecule has 0 radical (unpaired) electrons. The second kappa shape index (κ2) is 6.91. The lowest BCUT2D eigenvalue weighted by Crippen LogP contribution is -2.50. The number of ether oxygens (including phenoxy) is 2. The van der Waals surface area contributed by atoms with E-state index in [-0.39, 0.29) is 18.4 Å². The molecule has 3 aromatic rings. The molecule has 0 bridgehead atoms. The van der Waals surface area contributed by atoms with E-state index in [2.05, 4.69) is 10.1 Å². The van der Waals surface area contributed by atoms with Gasteiger partial charge in [-0.15, -0.1) is 0 Å². The van der Waals surface area contributed by atoms with Gasteiger partial charge < -0.3 is 23.3 Å². The van der Waals surface area contributed by atoms with Crippen LogP contribution in [0.2, 0.25) is 0 Å². The van der Waals surface area contributed by atoms with Crippen LogP contribution in [-0.2, 0) is 4.79 Å². The van der Waals surface area contributed by atoms with E-state index in [4.69, 9.17) is 18.4 Å². The topological polar surface area (TPSA) is 90.8 Å². The number of rotatable bonds is 6. The molecule has 8 nitrogen and oxygen atoms in total. The quantitative estimate of drug-likeness (QED) is 0.670. The maximum Gasteiger partial charge on any atom is 0.260 e. The highest BCUT2D eigenvalue weighted by Gasteiger charge is 2.35. The summed E-state index contributed by atoms with van der Waals surface area (Å²) in [7, 11) is 1.60. The third kappa shape index (κ3) is 3.26. The van der Waals surface area contributed by atoms with Gasteiger partial charge in [0, 0.05) is 13.1 Å². The molecule has 0 N–H and O–H groups in total. The summed E-state index contributed by atoms with van der Waals surface area (Å²) in [5.74, 6) is 2.80. The highest BCUT2D eigenvalue weighted by Crippen LogP contribution is 2.28. The van der Waals surface area contributed by atoms with Crippen molar-refractivity contribution in [2.24, 2.45) is 0 Å². The second-order valence-corrected chi connectivity index (χ2v) is 5.89. The third-order valence-electron chi connectivity index (χ3n) is 4.19. The molecule has 1 aliphatic heterocycles. The first-order valence-electron chi connectivity index (χ1n) is 8.15. The van der Waals surface area contributed by atoms with Crippen molar-refractivity contribution in [3.8, 4) is 23.1 Å². The van der Waals surface area contributed by atoms with Gasteiger partial charge in [0.1, 0.15) is 11.5 Å². The maximum atomic E-state index is 12.2. The van der Waals surface area contributed by atoms with Crippen molar-refractivity contribution in [3.63, 3.8) is 0 Å². The van der Waals surface area contributed by atoms with Crippen molar-refractivity contribution in [3.05, 3.63) is 48.6 Å². The minimum absolute atomic E-state index is 0.0134. The first-order valence-corrected chi connectivity index (χ1v) is 8.15. The van der Waals surface area contributed by atoms with Gasteiger partial charge in [-0.25, -0.2) is 0 Å². The summed E-state index contributed by atoms with van der Waals surface area (Å²) in [6.07, 6.45) is 1.55. The molecule has 3 heterocycles. The number of benzene rings is 1. The van der Waals surface area contributed by atoms with Gasteiger partial charge >= 0.3 is 0 Å². The van der Waals surface area contributed by atoms with Crippen LogP contribution in [0.15, 0.2) is 51.6 Å². The molecule has 26 heavy (non-hydrogen) atoms. The molecule has 1 aromatic carbocycles. The largest absolute Gasteiger partial charge is 0.497 e. The van der Waals surface area contributed by atoms with Gasteiger partial charge in [-0.3, -0.25) is 4.79 Å². The number of hydrogen-bond donors (Lipinski definition) is 0. The van der Waals surface area contributed by atoms with Crippen LogP contribution in [0.25, 0.3) is 11.6 Å². The summed E-state index contributed by atoms with van der Waals surface area (Å²) >= 11 is 0. The van der Waals surface area contributed by atoms with E-state index in [1.54, 1.807) is 54.7 Å². The van der Waals surface area contributed by atoms with Crippen LogP contribution >= 0.6 is 0 Å². The van der Waals surface area contributed by atoms with E-state index < -0.39 is 0 Å². The van der Waals surface area contributed by atoms with E-state index >= 15 is 0 Å². The standard InChI is InChI=1S/C18H17N3O5/c1-23-13-4-6-14(7-5-13)25-11-16(22)21-9-12(10-21)18-19-17(20-26-18)15-3-2-8-24-15/h2-8,12H,9-11H2,1H3. The Morgan fingerprint density at radius 1 is 1.23 bits per heavy atom. The Bertz CT molecular complexity index is 867. The van der Waals surface area contributed by atoms with E-state index in [0.717, 1.165) is 5.75 Å². The lowest BCUT2D eigenvalue weighted by Gasteiger charge is -2.36. The first kappa shape index (κ1) is 16.2. The van der Waals surface area contributed by atoms with Gasteiger partial charge in [0.25, 0.3) is 5.91 Å². The number of methoxy groups -OCH3 is 1. The van der Waals surface area contributed by atoms with Gasteiger partial charge in [-0.1, -0.05) is 5.16 Å². The molecule has 0 atom stereocenters. The van der Waals surface area contributed by atoms with Crippen molar-refractivity contribution in [2.75, 3.05) is 26.8 Å². The van der Waals surface area contributed by atoms with Crippen LogP contribution in [-0.4, -0.2) is 47.8 Å². The number of hydrogen-bond acceptors (Lipinski definition) is 7. The predicted octanol–water partition coefficient (Wildman–Crippen LogP) is 2.34. The van der Waals surface area contributed by atoms with Crippen LogP contribution in [0, 0.1) is 0 Å². The summed E-state index contributed by atoms with van der Waals surface area (Å²) in [5.41, 5.74) is 0. The smallest absolute Gasteiger partial charge is 0.260 e. The number of carbonyl (C=O) groups excluding carboxylic acids is 1. The van der Waals surface area contributed by atoms with Crippen LogP contribution in [0.1, 0.15) is 11.8 Å². The monoisotopic (exact) mass is 355 g/mol. The molecule has 0 spiro atoms. The van der Waals surface area contributed by atoms with Gasteiger partial charge in [-0.2, -0.15) is 4.98 Å². The number of carbonyl (C=O) groups is 1. The zero-order valence-electron chi connectivity index (χ0n) is 14.1. The lowest BCUT2D eigenvalue weighted by atomic mass is 10.0. The van der Waals surface area contributed by atoms with Gasteiger partial charge in [-0.05, 0) is 36.4 Å². The lowest BCUT2D eigenvalue weighted by molar-refractivity contribution is -0.138. The maximum absolute atomic E-state index is 12.2. The fourth-order valence-corrected chi connectivity index (χ4v) is 2.65. The fourth-order valence-electron chi connectivity index (χ4n) is 2.65. The van der Waals surface area contributed by atoms with Crippen molar-refractivity contribution in [1.29, 1.82) is 0 Å². The summed E-state index contributed by atoms with van der Waals surface area (Å²) in [5, 5.41) is 3.90. The van der Waals surface area contributed by atoms with Gasteiger partial charge in [0.05, 0.1) is 19.3 Å². The second-order valence-electron chi connectivity index (χ2n) is 5.89. The summed E-state index contributed by atoms with van der Waals surface area (Å²) in [6, 6.07) is 10.6. The molecule has 1 amide bonds. The molecular formula is C18H17N3O5. The molecule has 2 aromatic heterocycles. The van der Waals surface area contributed by atoms with Crippen molar-refractivity contribution in [2.45, 2.75) is 5.92 Å². The Morgan fingerprint density at radius 2 is 2.00 bits per heavy atom. The molecule has 1 fully saturated rings. The molecular weight excluding hydrogens is 338 g/mol. The summed E-state index contributed by atoms with van der Waals surface area (Å²) in [4.78, 5) is 18.2. The van der Waals surface area contributed by atoms with E-state index in [1.165, 1.54) is 0 Å². The molecule has 4 rings (SSSR count). The molecule has 8 heteroatoms. The van der Waals surface area contributed by atoms with E-state index in [1.807, 2.05) is 0 Å². The Labute approximate surface area is 149 Å². The molecule has 0 aliphatic carbocycles. The van der Waals surface area contributed by atoms with Crippen molar-refractivity contribution in [1.82, 2.24) is 15.0 Å². The Hall–Kier alpha value is -3.29. The number of furan rings is 1. The molecule has 0 saturated carbocycles. The molecule has 0 unspecified atom stereocenters. The van der Waals surface area contributed by atoms with Gasteiger partial charge in [0.2, 0.25) is 11.7 Å². The van der Waals surface area contributed by atoms with Crippen LogP contribution in [0.4, 0.5) is 0 Å². The first-order chi connectivity index (χ1) is 12.7. The number of likely N-dealkylation sites (tertiary alicyclic amines) is 1. The predicted molar refractivity (Wildman–Crippen MR) is 89.8 cm³/mol. The van der Waals surface area contributed by atoms with Crippen LogP contribution in [0.5, 0.6) is 11.5 Å². The third-order valence-corrected chi connectivity index (χ3v) is 4.19. The molecule has 134 valence electrons. The number of nitrogens with zero attached hydrogens (tertiary/aromatic N) is 3. The highest BCUT2D eigenvalue weighted by molar-refractivity contribution is 5.78. The minimum Gasteiger partial charge on any atom is -0.497 e. The van der Waals surface area contributed by atoms with E-state index in [0.29, 0.717) is 36.3 Å². The average Bonchev–Trinajstić information content (AvgIpc) is 3.30. The Balaban J connectivity index is 1.27. The number of amides is 1. The minimum atomic E-state index is -0.0807. The number of aromatic nitrogens is 2. The van der Waals surface area contributed by atoms with Gasteiger partial charge in [0.15, 0.2) is 12.4 Å². The summed E-state index contributed by atoms with van der Waals surface area (Å²) in [6.45, 7) is 1.05. The SMILES string of the molecule is COc1ccc(OCC(=O)N2CC(c3nc(-c4ccco4)no3)C2)cc1. The van der Waals surface area contributed by atoms with Crippen LogP contribution in [0.3, 0.4) is 0 Å². The average molecular weight is 355 g/mol.